The summed E-state index contributed by atoms with van der Waals surface area (Å²) in [7, 11) is 1.57. The first-order valence-electron chi connectivity index (χ1n) is 11.3. The summed E-state index contributed by atoms with van der Waals surface area (Å²) in [6.07, 6.45) is 0. The summed E-state index contributed by atoms with van der Waals surface area (Å²) in [5, 5.41) is 11.5. The van der Waals surface area contributed by atoms with Gasteiger partial charge in [-0.1, -0.05) is 36.4 Å². The third-order valence-electron chi connectivity index (χ3n) is 5.25. The zero-order valence-electron chi connectivity index (χ0n) is 19.8. The van der Waals surface area contributed by atoms with Gasteiger partial charge in [-0.05, 0) is 55.0 Å². The molecule has 0 radical (unpaired) electrons. The average Bonchev–Trinajstić information content (AvgIpc) is 2.88. The summed E-state index contributed by atoms with van der Waals surface area (Å²) in [5.74, 6) is -0.653. The maximum absolute atomic E-state index is 12.5. The summed E-state index contributed by atoms with van der Waals surface area (Å²) in [5.41, 5.74) is 3.25. The molecule has 4 N–H and O–H groups in total. The number of nitrogens with one attached hydrogen (secondary N) is 4. The molecule has 0 spiro atoms. The molecule has 3 rings (SSSR count). The van der Waals surface area contributed by atoms with Gasteiger partial charge in [-0.25, -0.2) is 0 Å². The number of carbonyl (C=O) groups excluding carboxylic acids is 3. The second kappa shape index (κ2) is 12.9. The molecule has 0 fully saturated rings. The molecule has 0 saturated heterocycles. The van der Waals surface area contributed by atoms with Gasteiger partial charge in [0.2, 0.25) is 5.91 Å². The highest BCUT2D eigenvalue weighted by atomic mass is 16.5. The number of anilines is 2. The van der Waals surface area contributed by atoms with E-state index in [0.29, 0.717) is 35.7 Å². The van der Waals surface area contributed by atoms with Crippen molar-refractivity contribution in [2.45, 2.75) is 13.0 Å². The van der Waals surface area contributed by atoms with E-state index in [-0.39, 0.29) is 30.3 Å². The van der Waals surface area contributed by atoms with Crippen molar-refractivity contribution in [1.82, 2.24) is 10.6 Å². The Bertz CT molecular complexity index is 1130. The van der Waals surface area contributed by atoms with Crippen LogP contribution in [0.25, 0.3) is 0 Å². The number of hydrogen-bond donors (Lipinski definition) is 4. The van der Waals surface area contributed by atoms with Gasteiger partial charge in [0.05, 0.1) is 19.2 Å². The van der Waals surface area contributed by atoms with Crippen molar-refractivity contribution in [2.24, 2.45) is 0 Å². The van der Waals surface area contributed by atoms with Gasteiger partial charge < -0.3 is 26.0 Å². The van der Waals surface area contributed by atoms with Crippen LogP contribution in [-0.2, 0) is 9.53 Å². The number of amides is 3. The number of benzene rings is 3. The number of carbonyl (C=O) groups is 3. The smallest absolute Gasteiger partial charge is 0.251 e. The molecule has 8 nitrogen and oxygen atoms in total. The van der Waals surface area contributed by atoms with Crippen LogP contribution in [0.5, 0.6) is 0 Å². The van der Waals surface area contributed by atoms with Gasteiger partial charge >= 0.3 is 0 Å². The van der Waals surface area contributed by atoms with E-state index in [4.69, 9.17) is 4.74 Å². The van der Waals surface area contributed by atoms with Gasteiger partial charge in [0, 0.05) is 36.2 Å². The Morgan fingerprint density at radius 1 is 0.829 bits per heavy atom. The van der Waals surface area contributed by atoms with Crippen LogP contribution in [0, 0.1) is 0 Å². The van der Waals surface area contributed by atoms with E-state index >= 15 is 0 Å². The number of hydrogen-bond acceptors (Lipinski definition) is 5. The van der Waals surface area contributed by atoms with Gasteiger partial charge in [-0.15, -0.1) is 0 Å². The largest absolute Gasteiger partial charge is 0.383 e. The van der Waals surface area contributed by atoms with E-state index in [1.54, 1.807) is 55.6 Å². The van der Waals surface area contributed by atoms with Crippen molar-refractivity contribution in [1.29, 1.82) is 0 Å². The number of ether oxygens (including phenoxy) is 1. The van der Waals surface area contributed by atoms with Crippen molar-refractivity contribution >= 4 is 29.1 Å². The lowest BCUT2D eigenvalue weighted by molar-refractivity contribution is -0.114. The fourth-order valence-electron chi connectivity index (χ4n) is 3.34. The average molecular weight is 475 g/mol. The standard InChI is InChI=1S/C27H30N4O4/c1-19(20-7-4-3-5-8-20)30-27(34)21-11-13-23(14-12-21)31-25(32)18-29-24-10-6-9-22(17-24)26(33)28-15-16-35-2/h3-14,17,19,29H,15-16,18H2,1-2H3,(H,28,33)(H,30,34)(H,31,32). The Morgan fingerprint density at radius 3 is 2.29 bits per heavy atom. The van der Waals surface area contributed by atoms with E-state index < -0.39 is 0 Å². The minimum Gasteiger partial charge on any atom is -0.383 e. The van der Waals surface area contributed by atoms with Crippen LogP contribution in [0.1, 0.15) is 39.2 Å². The molecule has 0 aromatic heterocycles. The number of methoxy groups -OCH3 is 1. The zero-order valence-corrected chi connectivity index (χ0v) is 19.8. The van der Waals surface area contributed by atoms with Gasteiger partial charge in [-0.2, -0.15) is 0 Å². The predicted octanol–water partition coefficient (Wildman–Crippen LogP) is 3.60. The Labute approximate surface area is 205 Å². The molecular weight excluding hydrogens is 444 g/mol. The maximum Gasteiger partial charge on any atom is 0.251 e. The summed E-state index contributed by atoms with van der Waals surface area (Å²) in [6, 6.07) is 23.2. The molecular formula is C27H30N4O4. The summed E-state index contributed by atoms with van der Waals surface area (Å²) in [6.45, 7) is 2.80. The first-order valence-corrected chi connectivity index (χ1v) is 11.3. The maximum atomic E-state index is 12.5. The predicted molar refractivity (Wildman–Crippen MR) is 137 cm³/mol. The molecule has 3 aromatic carbocycles. The van der Waals surface area contributed by atoms with Crippen molar-refractivity contribution in [3.05, 3.63) is 95.6 Å². The van der Waals surface area contributed by atoms with E-state index in [9.17, 15) is 14.4 Å². The zero-order chi connectivity index (χ0) is 25.0. The molecule has 0 heterocycles. The van der Waals surface area contributed by atoms with Crippen LogP contribution in [0.15, 0.2) is 78.9 Å². The lowest BCUT2D eigenvalue weighted by Crippen LogP contribution is -2.27. The topological polar surface area (TPSA) is 109 Å². The van der Waals surface area contributed by atoms with Crippen LogP contribution in [0.3, 0.4) is 0 Å². The molecule has 0 aliphatic carbocycles. The molecule has 182 valence electrons. The molecule has 0 bridgehead atoms. The third-order valence-corrected chi connectivity index (χ3v) is 5.25. The van der Waals surface area contributed by atoms with Crippen molar-refractivity contribution in [2.75, 3.05) is 37.4 Å². The molecule has 1 unspecified atom stereocenters. The lowest BCUT2D eigenvalue weighted by atomic mass is 10.1. The van der Waals surface area contributed by atoms with Crippen LogP contribution in [0.2, 0.25) is 0 Å². The SMILES string of the molecule is COCCNC(=O)c1cccc(NCC(=O)Nc2ccc(C(=O)NC(C)c3ccccc3)cc2)c1. The lowest BCUT2D eigenvalue weighted by Gasteiger charge is -2.14. The van der Waals surface area contributed by atoms with Crippen LogP contribution in [0.4, 0.5) is 11.4 Å². The first kappa shape index (κ1) is 25.5. The van der Waals surface area contributed by atoms with Gasteiger partial charge in [0.15, 0.2) is 0 Å². The Kier molecular flexibility index (Phi) is 9.39. The highest BCUT2D eigenvalue weighted by Crippen LogP contribution is 2.15. The molecule has 0 saturated carbocycles. The van der Waals surface area contributed by atoms with E-state index in [1.165, 1.54) is 0 Å². The van der Waals surface area contributed by atoms with Crippen LogP contribution >= 0.6 is 0 Å². The third kappa shape index (κ3) is 7.97. The minimum absolute atomic E-state index is 0.0194. The highest BCUT2D eigenvalue weighted by molar-refractivity contribution is 5.97. The Morgan fingerprint density at radius 2 is 1.57 bits per heavy atom. The molecule has 3 aromatic rings. The molecule has 0 aliphatic rings. The van der Waals surface area contributed by atoms with Crippen molar-refractivity contribution in [3.8, 4) is 0 Å². The van der Waals surface area contributed by atoms with Crippen LogP contribution in [-0.4, -0.2) is 44.5 Å². The molecule has 8 heteroatoms. The molecule has 35 heavy (non-hydrogen) atoms. The van der Waals surface area contributed by atoms with E-state index in [2.05, 4.69) is 21.3 Å². The second-order valence-corrected chi connectivity index (χ2v) is 7.91. The monoisotopic (exact) mass is 474 g/mol. The van der Waals surface area contributed by atoms with Gasteiger partial charge in [0.1, 0.15) is 0 Å². The molecule has 0 aliphatic heterocycles. The summed E-state index contributed by atoms with van der Waals surface area (Å²) < 4.78 is 4.92. The van der Waals surface area contributed by atoms with Crippen LogP contribution < -0.4 is 21.3 Å². The fourth-order valence-corrected chi connectivity index (χ4v) is 3.34. The minimum atomic E-state index is -0.255. The number of rotatable bonds is 11. The second-order valence-electron chi connectivity index (χ2n) is 7.91. The van der Waals surface area contributed by atoms with Crippen molar-refractivity contribution in [3.63, 3.8) is 0 Å². The van der Waals surface area contributed by atoms with E-state index in [1.807, 2.05) is 37.3 Å². The normalized spacial score (nSPS) is 11.3. The first-order chi connectivity index (χ1) is 17.0. The van der Waals surface area contributed by atoms with Crippen molar-refractivity contribution < 1.29 is 19.1 Å². The molecule has 1 atom stereocenters. The Hall–Kier alpha value is -4.17. The van der Waals surface area contributed by atoms with E-state index in [0.717, 1.165) is 5.56 Å². The quantitative estimate of drug-likeness (QED) is 0.318. The fraction of sp³-hybridized carbons (Fsp3) is 0.222. The Balaban J connectivity index is 1.48. The summed E-state index contributed by atoms with van der Waals surface area (Å²) in [4.78, 5) is 37.0. The summed E-state index contributed by atoms with van der Waals surface area (Å²) >= 11 is 0. The molecule has 3 amide bonds. The van der Waals surface area contributed by atoms with Gasteiger partial charge in [0.25, 0.3) is 11.8 Å². The highest BCUT2D eigenvalue weighted by Gasteiger charge is 2.12. The van der Waals surface area contributed by atoms with Gasteiger partial charge in [-0.3, -0.25) is 14.4 Å².